The Morgan fingerprint density at radius 3 is 2.34 bits per heavy atom. The average Bonchev–Trinajstić information content (AvgIpc) is 3.10. The monoisotopic (exact) mass is 413 g/mol. The van der Waals surface area contributed by atoms with Crippen molar-refractivity contribution in [3.63, 3.8) is 0 Å². The Kier molecular flexibility index (Phi) is 6.23. The largest absolute Gasteiger partial charge is 0.452 e. The average molecular weight is 413 g/mol. The molecule has 0 radical (unpaired) electrons. The zero-order valence-electron chi connectivity index (χ0n) is 15.4. The van der Waals surface area contributed by atoms with Gasteiger partial charge < -0.3 is 9.64 Å². The molecule has 0 aromatic heterocycles. The highest BCUT2D eigenvalue weighted by Crippen LogP contribution is 2.18. The van der Waals surface area contributed by atoms with E-state index < -0.39 is 34.4 Å². The van der Waals surface area contributed by atoms with Crippen LogP contribution in [-0.4, -0.2) is 49.9 Å². The minimum Gasteiger partial charge on any atom is -0.452 e. The highest BCUT2D eigenvalue weighted by Gasteiger charge is 2.30. The van der Waals surface area contributed by atoms with Gasteiger partial charge in [-0.25, -0.2) is 13.2 Å². The van der Waals surface area contributed by atoms with E-state index in [0.717, 1.165) is 11.0 Å². The lowest BCUT2D eigenvalue weighted by atomic mass is 10.1. The lowest BCUT2D eigenvalue weighted by molar-refractivity contribution is -0.136. The van der Waals surface area contributed by atoms with Crippen LogP contribution in [0, 0.1) is 0 Å². The number of aldehydes is 1. The molecular weight excluding hydrogens is 394 g/mol. The number of benzene rings is 2. The Bertz CT molecular complexity index is 1030. The standard InChI is InChI=1S/C21H19NO6S/c23-13-17-6-8-18(9-7-17)21(25)28-14-20(24)22(12-16-4-2-1-3-5-16)19-10-11-29(26,27)15-19/h1-11,13,19H,12,14-15H2/t19-/m1/s1. The van der Waals surface area contributed by atoms with E-state index in [9.17, 15) is 22.8 Å². The number of nitrogens with zero attached hydrogens (tertiary/aromatic N) is 1. The van der Waals surface area contributed by atoms with Crippen molar-refractivity contribution in [3.8, 4) is 0 Å². The SMILES string of the molecule is O=Cc1ccc(C(=O)OCC(=O)N(Cc2ccccc2)[C@@H]2C=CS(=O)(=O)C2)cc1. The van der Waals surface area contributed by atoms with Gasteiger partial charge in [-0.15, -0.1) is 0 Å². The molecule has 1 amide bonds. The van der Waals surface area contributed by atoms with Crippen molar-refractivity contribution in [3.05, 3.63) is 82.8 Å². The first-order chi connectivity index (χ1) is 13.9. The Morgan fingerprint density at radius 1 is 1.07 bits per heavy atom. The Labute approximate surface area is 168 Å². The third-order valence-electron chi connectivity index (χ3n) is 4.44. The van der Waals surface area contributed by atoms with Gasteiger partial charge >= 0.3 is 5.97 Å². The quantitative estimate of drug-likeness (QED) is 0.509. The summed E-state index contributed by atoms with van der Waals surface area (Å²) in [6, 6.07) is 14.3. The summed E-state index contributed by atoms with van der Waals surface area (Å²) in [5.41, 5.74) is 1.46. The molecule has 0 aliphatic carbocycles. The summed E-state index contributed by atoms with van der Waals surface area (Å²) in [7, 11) is -3.36. The number of carbonyl (C=O) groups excluding carboxylic acids is 3. The lowest BCUT2D eigenvalue weighted by Gasteiger charge is -2.27. The summed E-state index contributed by atoms with van der Waals surface area (Å²) in [5, 5.41) is 1.10. The second kappa shape index (κ2) is 8.83. The van der Waals surface area contributed by atoms with E-state index in [4.69, 9.17) is 4.74 Å². The summed E-state index contributed by atoms with van der Waals surface area (Å²) >= 11 is 0. The van der Waals surface area contributed by atoms with E-state index in [2.05, 4.69) is 0 Å². The maximum Gasteiger partial charge on any atom is 0.338 e. The molecule has 2 aromatic carbocycles. The molecule has 0 spiro atoms. The molecule has 1 atom stereocenters. The van der Waals surface area contributed by atoms with Gasteiger partial charge in [-0.05, 0) is 23.8 Å². The smallest absolute Gasteiger partial charge is 0.338 e. The summed E-state index contributed by atoms with van der Waals surface area (Å²) in [4.78, 5) is 37.0. The molecule has 2 aromatic rings. The molecule has 150 valence electrons. The normalized spacial score (nSPS) is 16.9. The summed E-state index contributed by atoms with van der Waals surface area (Å²) < 4.78 is 28.7. The van der Waals surface area contributed by atoms with Crippen LogP contribution in [0.2, 0.25) is 0 Å². The van der Waals surface area contributed by atoms with Crippen LogP contribution >= 0.6 is 0 Å². The van der Waals surface area contributed by atoms with E-state index >= 15 is 0 Å². The van der Waals surface area contributed by atoms with Crippen molar-refractivity contribution < 1.29 is 27.5 Å². The van der Waals surface area contributed by atoms with Crippen LogP contribution in [0.1, 0.15) is 26.3 Å². The van der Waals surface area contributed by atoms with Crippen molar-refractivity contribution >= 4 is 28.0 Å². The molecule has 0 saturated heterocycles. The number of rotatable bonds is 7. The van der Waals surface area contributed by atoms with E-state index in [1.165, 1.54) is 35.2 Å². The van der Waals surface area contributed by atoms with Crippen molar-refractivity contribution in [2.75, 3.05) is 12.4 Å². The molecular formula is C21H19NO6S. The Hall–Kier alpha value is -3.26. The van der Waals surface area contributed by atoms with Gasteiger partial charge in [0.05, 0.1) is 17.4 Å². The highest BCUT2D eigenvalue weighted by molar-refractivity contribution is 7.94. The van der Waals surface area contributed by atoms with Gasteiger partial charge in [0.15, 0.2) is 16.4 Å². The van der Waals surface area contributed by atoms with Gasteiger partial charge in [-0.1, -0.05) is 42.5 Å². The Balaban J connectivity index is 1.69. The first-order valence-electron chi connectivity index (χ1n) is 8.85. The third kappa shape index (κ3) is 5.39. The van der Waals surface area contributed by atoms with E-state index in [-0.39, 0.29) is 17.9 Å². The van der Waals surface area contributed by atoms with Gasteiger partial charge in [-0.3, -0.25) is 9.59 Å². The molecule has 1 heterocycles. The molecule has 7 nitrogen and oxygen atoms in total. The molecule has 8 heteroatoms. The minimum atomic E-state index is -3.36. The van der Waals surface area contributed by atoms with Crippen molar-refractivity contribution in [1.82, 2.24) is 4.90 Å². The van der Waals surface area contributed by atoms with Crippen LogP contribution in [-0.2, 0) is 25.9 Å². The Morgan fingerprint density at radius 2 is 1.76 bits per heavy atom. The van der Waals surface area contributed by atoms with Crippen LogP contribution in [0.25, 0.3) is 0 Å². The second-order valence-corrected chi connectivity index (χ2v) is 8.48. The third-order valence-corrected chi connectivity index (χ3v) is 5.81. The van der Waals surface area contributed by atoms with Crippen LogP contribution in [0.4, 0.5) is 0 Å². The highest BCUT2D eigenvalue weighted by atomic mass is 32.2. The lowest BCUT2D eigenvalue weighted by Crippen LogP contribution is -2.42. The molecule has 0 N–H and O–H groups in total. The number of amides is 1. The van der Waals surface area contributed by atoms with Gasteiger partial charge in [0.1, 0.15) is 6.29 Å². The number of sulfone groups is 1. The number of esters is 1. The van der Waals surface area contributed by atoms with Gasteiger partial charge in [-0.2, -0.15) is 0 Å². The maximum atomic E-state index is 12.8. The van der Waals surface area contributed by atoms with Gasteiger partial charge in [0.2, 0.25) is 0 Å². The number of ether oxygens (including phenoxy) is 1. The zero-order chi connectivity index (χ0) is 20.9. The summed E-state index contributed by atoms with van der Waals surface area (Å²) in [6.07, 6.45) is 2.12. The van der Waals surface area contributed by atoms with Crippen LogP contribution < -0.4 is 0 Å². The first kappa shape index (κ1) is 20.5. The predicted molar refractivity (Wildman–Crippen MR) is 106 cm³/mol. The molecule has 0 saturated carbocycles. The number of carbonyl (C=O) groups is 3. The minimum absolute atomic E-state index is 0.190. The second-order valence-electron chi connectivity index (χ2n) is 6.55. The van der Waals surface area contributed by atoms with Gasteiger partial charge in [0, 0.05) is 17.5 Å². The fourth-order valence-corrected chi connectivity index (χ4v) is 4.21. The fourth-order valence-electron chi connectivity index (χ4n) is 2.92. The molecule has 29 heavy (non-hydrogen) atoms. The zero-order valence-corrected chi connectivity index (χ0v) is 16.2. The number of hydrogen-bond donors (Lipinski definition) is 0. The molecule has 0 fully saturated rings. The molecule has 0 unspecified atom stereocenters. The fraction of sp³-hybridized carbons (Fsp3) is 0.190. The maximum absolute atomic E-state index is 12.8. The number of hydrogen-bond acceptors (Lipinski definition) is 6. The van der Waals surface area contributed by atoms with Crippen molar-refractivity contribution in [2.24, 2.45) is 0 Å². The van der Waals surface area contributed by atoms with Crippen LogP contribution in [0.5, 0.6) is 0 Å². The summed E-state index contributed by atoms with van der Waals surface area (Å²) in [6.45, 7) is -0.332. The molecule has 1 aliphatic heterocycles. The van der Waals surface area contributed by atoms with E-state index in [1.807, 2.05) is 30.3 Å². The van der Waals surface area contributed by atoms with Crippen molar-refractivity contribution in [2.45, 2.75) is 12.6 Å². The molecule has 3 rings (SSSR count). The molecule has 0 bridgehead atoms. The topological polar surface area (TPSA) is 97.8 Å². The predicted octanol–water partition coefficient (Wildman–Crippen LogP) is 2.00. The van der Waals surface area contributed by atoms with E-state index in [1.54, 1.807) is 0 Å². The van der Waals surface area contributed by atoms with E-state index in [0.29, 0.717) is 11.8 Å². The first-order valence-corrected chi connectivity index (χ1v) is 10.6. The van der Waals surface area contributed by atoms with Crippen molar-refractivity contribution in [1.29, 1.82) is 0 Å². The van der Waals surface area contributed by atoms with Crippen LogP contribution in [0.15, 0.2) is 66.1 Å². The van der Waals surface area contributed by atoms with Crippen LogP contribution in [0.3, 0.4) is 0 Å². The summed E-state index contributed by atoms with van der Waals surface area (Å²) in [5.74, 6) is -1.41. The molecule has 1 aliphatic rings. The van der Waals surface area contributed by atoms with Gasteiger partial charge in [0.25, 0.3) is 5.91 Å².